The number of carbonyl (C=O) groups excluding carboxylic acids is 1. The molecule has 1 aromatic carbocycles. The number of carbonyl (C=O) groups is 1. The minimum atomic E-state index is -0.482. The topological polar surface area (TPSA) is 38.3 Å². The van der Waals surface area contributed by atoms with Crippen molar-refractivity contribution in [2.45, 2.75) is 38.8 Å². The maximum Gasteiger partial charge on any atom is 0.261 e. The molecule has 0 radical (unpaired) electrons. The maximum absolute atomic E-state index is 12.0. The summed E-state index contributed by atoms with van der Waals surface area (Å²) in [4.78, 5) is 13.2. The molecule has 0 saturated carbocycles. The number of thiophene rings is 1. The lowest BCUT2D eigenvalue weighted by atomic mass is 10.1. The van der Waals surface area contributed by atoms with Crippen molar-refractivity contribution in [2.24, 2.45) is 0 Å². The van der Waals surface area contributed by atoms with Gasteiger partial charge in [0.1, 0.15) is 5.75 Å². The first-order chi connectivity index (χ1) is 10.2. The van der Waals surface area contributed by atoms with E-state index < -0.39 is 6.10 Å². The molecule has 1 N–H and O–H groups in total. The highest BCUT2D eigenvalue weighted by Gasteiger charge is 2.16. The Bertz CT molecular complexity index is 622. The summed E-state index contributed by atoms with van der Waals surface area (Å²) < 4.78 is 5.76. The van der Waals surface area contributed by atoms with Gasteiger partial charge in [-0.25, -0.2) is 0 Å². The summed E-state index contributed by atoms with van der Waals surface area (Å²) in [5, 5.41) is 4.91. The van der Waals surface area contributed by atoms with E-state index in [1.165, 1.54) is 17.5 Å². The summed E-state index contributed by atoms with van der Waals surface area (Å²) in [6.07, 6.45) is 3.01. The Morgan fingerprint density at radius 2 is 2.19 bits per heavy atom. The molecule has 0 spiro atoms. The zero-order valence-corrected chi connectivity index (χ0v) is 12.9. The molecule has 110 valence electrons. The van der Waals surface area contributed by atoms with Crippen LogP contribution in [0.3, 0.4) is 0 Å². The summed E-state index contributed by atoms with van der Waals surface area (Å²) in [5.74, 6) is 0.707. The van der Waals surface area contributed by atoms with Gasteiger partial charge in [-0.1, -0.05) is 12.1 Å². The second-order valence-corrected chi connectivity index (χ2v) is 6.37. The van der Waals surface area contributed by atoms with E-state index in [-0.39, 0.29) is 5.91 Å². The van der Waals surface area contributed by atoms with Crippen molar-refractivity contribution in [1.82, 2.24) is 5.32 Å². The van der Waals surface area contributed by atoms with Gasteiger partial charge in [0.15, 0.2) is 6.10 Å². The number of benzene rings is 1. The van der Waals surface area contributed by atoms with E-state index >= 15 is 0 Å². The van der Waals surface area contributed by atoms with Gasteiger partial charge in [0.25, 0.3) is 5.91 Å². The molecule has 1 heterocycles. The van der Waals surface area contributed by atoms with Crippen molar-refractivity contribution in [3.8, 4) is 5.75 Å². The second kappa shape index (κ2) is 6.31. The molecular formula is C17H19NO2S. The number of nitrogens with one attached hydrogen (secondary N) is 1. The van der Waals surface area contributed by atoms with E-state index in [4.69, 9.17) is 4.74 Å². The van der Waals surface area contributed by atoms with E-state index in [2.05, 4.69) is 17.4 Å². The molecule has 0 bridgehead atoms. The summed E-state index contributed by atoms with van der Waals surface area (Å²) in [6, 6.07) is 10.2. The molecule has 1 amide bonds. The fourth-order valence-corrected chi connectivity index (χ4v) is 3.25. The van der Waals surface area contributed by atoms with Gasteiger partial charge in [-0.2, -0.15) is 0 Å². The zero-order valence-electron chi connectivity index (χ0n) is 12.1. The minimum Gasteiger partial charge on any atom is -0.481 e. The van der Waals surface area contributed by atoms with E-state index in [9.17, 15) is 4.79 Å². The van der Waals surface area contributed by atoms with Crippen LogP contribution in [0.2, 0.25) is 0 Å². The first-order valence-corrected chi connectivity index (χ1v) is 8.19. The molecule has 1 atom stereocenters. The molecule has 1 aromatic heterocycles. The molecule has 1 aliphatic carbocycles. The van der Waals surface area contributed by atoms with Gasteiger partial charge in [-0.15, -0.1) is 11.3 Å². The predicted molar refractivity (Wildman–Crippen MR) is 84.7 cm³/mol. The Kier molecular flexibility index (Phi) is 4.25. The molecule has 21 heavy (non-hydrogen) atoms. The first-order valence-electron chi connectivity index (χ1n) is 7.31. The molecule has 0 fully saturated rings. The van der Waals surface area contributed by atoms with Gasteiger partial charge in [0, 0.05) is 4.88 Å². The van der Waals surface area contributed by atoms with Crippen molar-refractivity contribution in [2.75, 3.05) is 0 Å². The number of fused-ring (bicyclic) bond motifs is 1. The first kappa shape index (κ1) is 14.1. The summed E-state index contributed by atoms with van der Waals surface area (Å²) in [7, 11) is 0. The largest absolute Gasteiger partial charge is 0.481 e. The summed E-state index contributed by atoms with van der Waals surface area (Å²) >= 11 is 1.64. The Labute approximate surface area is 129 Å². The normalized spacial score (nSPS) is 14.5. The highest BCUT2D eigenvalue weighted by atomic mass is 32.1. The summed E-state index contributed by atoms with van der Waals surface area (Å²) in [6.45, 7) is 2.35. The van der Waals surface area contributed by atoms with Crippen LogP contribution in [0.25, 0.3) is 0 Å². The van der Waals surface area contributed by atoms with Gasteiger partial charge in [0.05, 0.1) is 6.54 Å². The average molecular weight is 301 g/mol. The minimum absolute atomic E-state index is 0.0797. The number of aryl methyl sites for hydroxylation is 2. The lowest BCUT2D eigenvalue weighted by molar-refractivity contribution is -0.127. The highest BCUT2D eigenvalue weighted by molar-refractivity contribution is 7.09. The highest BCUT2D eigenvalue weighted by Crippen LogP contribution is 2.26. The molecular weight excluding hydrogens is 282 g/mol. The van der Waals surface area contributed by atoms with Crippen LogP contribution in [0.4, 0.5) is 0 Å². The molecule has 0 unspecified atom stereocenters. The van der Waals surface area contributed by atoms with Crippen molar-refractivity contribution < 1.29 is 9.53 Å². The van der Waals surface area contributed by atoms with Gasteiger partial charge >= 0.3 is 0 Å². The Morgan fingerprint density at radius 3 is 3.00 bits per heavy atom. The zero-order chi connectivity index (χ0) is 14.7. The van der Waals surface area contributed by atoms with Crippen molar-refractivity contribution in [3.05, 3.63) is 51.7 Å². The van der Waals surface area contributed by atoms with E-state index in [0.717, 1.165) is 23.5 Å². The number of hydrogen-bond donors (Lipinski definition) is 1. The standard InChI is InChI=1S/C17H19NO2S/c1-12(17(19)18-11-16-6-3-9-21-16)20-15-8-7-13-4-2-5-14(13)10-15/h3,6-10,12H,2,4-5,11H2,1H3,(H,18,19)/t12-/m0/s1. The number of rotatable bonds is 5. The Morgan fingerprint density at radius 1 is 1.33 bits per heavy atom. The maximum atomic E-state index is 12.0. The Hall–Kier alpha value is -1.81. The predicted octanol–water partition coefficient (Wildman–Crippen LogP) is 3.32. The second-order valence-electron chi connectivity index (χ2n) is 5.34. The smallest absolute Gasteiger partial charge is 0.261 e. The Balaban J connectivity index is 1.55. The van der Waals surface area contributed by atoms with Crippen LogP contribution in [0, 0.1) is 0 Å². The van der Waals surface area contributed by atoms with E-state index in [1.807, 2.05) is 23.6 Å². The average Bonchev–Trinajstić information content (AvgIpc) is 3.15. The van der Waals surface area contributed by atoms with Crippen LogP contribution in [-0.2, 0) is 24.2 Å². The van der Waals surface area contributed by atoms with E-state index in [1.54, 1.807) is 18.3 Å². The van der Waals surface area contributed by atoms with Crippen LogP contribution in [0.1, 0.15) is 29.3 Å². The number of ether oxygens (including phenoxy) is 1. The van der Waals surface area contributed by atoms with Crippen LogP contribution in [0.5, 0.6) is 5.75 Å². The third-order valence-electron chi connectivity index (χ3n) is 3.77. The SMILES string of the molecule is C[C@H](Oc1ccc2c(c1)CCC2)C(=O)NCc1cccs1. The van der Waals surface area contributed by atoms with Gasteiger partial charge in [-0.3, -0.25) is 4.79 Å². The van der Waals surface area contributed by atoms with Gasteiger partial charge in [-0.05, 0) is 60.9 Å². The molecule has 0 aliphatic heterocycles. The van der Waals surface area contributed by atoms with Crippen molar-refractivity contribution >= 4 is 17.2 Å². The fourth-order valence-electron chi connectivity index (χ4n) is 2.61. The van der Waals surface area contributed by atoms with Gasteiger partial charge in [0.2, 0.25) is 0 Å². The molecule has 3 rings (SSSR count). The quantitative estimate of drug-likeness (QED) is 0.920. The van der Waals surface area contributed by atoms with E-state index in [0.29, 0.717) is 6.54 Å². The third-order valence-corrected chi connectivity index (χ3v) is 4.65. The molecule has 2 aromatic rings. The third kappa shape index (κ3) is 3.45. The van der Waals surface area contributed by atoms with Crippen LogP contribution in [-0.4, -0.2) is 12.0 Å². The molecule has 4 heteroatoms. The van der Waals surface area contributed by atoms with Crippen molar-refractivity contribution in [3.63, 3.8) is 0 Å². The molecule has 1 aliphatic rings. The number of hydrogen-bond acceptors (Lipinski definition) is 3. The summed E-state index contributed by atoms with van der Waals surface area (Å²) in [5.41, 5.74) is 2.77. The lowest BCUT2D eigenvalue weighted by Crippen LogP contribution is -2.35. The van der Waals surface area contributed by atoms with Crippen LogP contribution in [0.15, 0.2) is 35.7 Å². The van der Waals surface area contributed by atoms with Crippen molar-refractivity contribution in [1.29, 1.82) is 0 Å². The fraction of sp³-hybridized carbons (Fsp3) is 0.353. The lowest BCUT2D eigenvalue weighted by Gasteiger charge is -2.15. The van der Waals surface area contributed by atoms with Gasteiger partial charge < -0.3 is 10.1 Å². The monoisotopic (exact) mass is 301 g/mol. The van der Waals surface area contributed by atoms with Crippen LogP contribution < -0.4 is 10.1 Å². The molecule has 3 nitrogen and oxygen atoms in total. The van der Waals surface area contributed by atoms with Crippen LogP contribution >= 0.6 is 11.3 Å². The molecule has 0 saturated heterocycles. The number of amides is 1.